The largest absolute Gasteiger partial charge is 0.397 e. The van der Waals surface area contributed by atoms with E-state index in [1.54, 1.807) is 38.1 Å². The fourth-order valence-corrected chi connectivity index (χ4v) is 4.82. The van der Waals surface area contributed by atoms with Gasteiger partial charge in [0.05, 0.1) is 21.5 Å². The molecular formula is C19H22N4O3S2. The van der Waals surface area contributed by atoms with E-state index in [1.807, 2.05) is 13.8 Å². The molecule has 1 aromatic carbocycles. The van der Waals surface area contributed by atoms with E-state index in [4.69, 9.17) is 5.73 Å². The van der Waals surface area contributed by atoms with E-state index in [0.717, 1.165) is 22.2 Å². The van der Waals surface area contributed by atoms with Crippen molar-refractivity contribution in [3.63, 3.8) is 0 Å². The van der Waals surface area contributed by atoms with Crippen molar-refractivity contribution < 1.29 is 13.2 Å². The van der Waals surface area contributed by atoms with E-state index < -0.39 is 15.1 Å². The summed E-state index contributed by atoms with van der Waals surface area (Å²) in [5.74, 6) is -0.295. The fourth-order valence-electron chi connectivity index (χ4n) is 2.74. The third kappa shape index (κ3) is 3.59. The molecule has 9 heteroatoms. The number of benzene rings is 1. The van der Waals surface area contributed by atoms with E-state index in [1.165, 1.54) is 11.3 Å². The lowest BCUT2D eigenvalue weighted by Crippen LogP contribution is -2.22. The summed E-state index contributed by atoms with van der Waals surface area (Å²) in [6, 6.07) is 6.52. The number of rotatable bonds is 5. The summed E-state index contributed by atoms with van der Waals surface area (Å²) in [5.41, 5.74) is 9.09. The molecule has 0 spiro atoms. The number of sulfone groups is 1. The van der Waals surface area contributed by atoms with Crippen LogP contribution in [-0.4, -0.2) is 29.8 Å². The van der Waals surface area contributed by atoms with Gasteiger partial charge in [-0.25, -0.2) is 8.42 Å². The van der Waals surface area contributed by atoms with Gasteiger partial charge in [0, 0.05) is 11.9 Å². The summed E-state index contributed by atoms with van der Waals surface area (Å²) in [5, 5.41) is 11.3. The molecule has 3 aromatic rings. The monoisotopic (exact) mass is 418 g/mol. The number of carbonyl (C=O) groups excluding carboxylic acids is 1. The molecule has 7 nitrogen and oxygen atoms in total. The highest BCUT2D eigenvalue weighted by molar-refractivity contribution is 7.92. The minimum Gasteiger partial charge on any atom is -0.397 e. The van der Waals surface area contributed by atoms with Crippen molar-refractivity contribution in [3.05, 3.63) is 46.0 Å². The van der Waals surface area contributed by atoms with Crippen LogP contribution < -0.4 is 11.1 Å². The molecule has 0 aliphatic carbocycles. The van der Waals surface area contributed by atoms with Crippen LogP contribution in [0.15, 0.2) is 29.2 Å². The molecule has 0 atom stereocenters. The summed E-state index contributed by atoms with van der Waals surface area (Å²) in [7, 11) is -3.31. The van der Waals surface area contributed by atoms with Gasteiger partial charge < -0.3 is 11.1 Å². The number of anilines is 1. The Morgan fingerprint density at radius 3 is 2.43 bits per heavy atom. The molecule has 0 aliphatic rings. The number of carbonyl (C=O) groups is 1. The summed E-state index contributed by atoms with van der Waals surface area (Å²) in [6.45, 7) is 7.31. The maximum Gasteiger partial charge on any atom is 0.263 e. The smallest absolute Gasteiger partial charge is 0.263 e. The zero-order chi connectivity index (χ0) is 20.6. The van der Waals surface area contributed by atoms with E-state index in [-0.39, 0.29) is 17.3 Å². The second-order valence-electron chi connectivity index (χ2n) is 6.86. The maximum atomic E-state index is 12.6. The molecule has 0 aliphatic heterocycles. The second-order valence-corrected chi connectivity index (χ2v) is 10.4. The number of nitrogens with one attached hydrogen (secondary N) is 1. The predicted octanol–water partition coefficient (Wildman–Crippen LogP) is 3.00. The molecule has 0 unspecified atom stereocenters. The summed E-state index contributed by atoms with van der Waals surface area (Å²) >= 11 is 1.21. The Morgan fingerprint density at radius 2 is 1.82 bits per heavy atom. The molecule has 0 bridgehead atoms. The molecule has 3 rings (SSSR count). The third-order valence-corrected chi connectivity index (χ3v) is 7.93. The van der Waals surface area contributed by atoms with Crippen molar-refractivity contribution in [2.45, 2.75) is 44.4 Å². The van der Waals surface area contributed by atoms with Crippen molar-refractivity contribution >= 4 is 43.0 Å². The lowest BCUT2D eigenvalue weighted by Gasteiger charge is -2.09. The van der Waals surface area contributed by atoms with Crippen molar-refractivity contribution in [2.24, 2.45) is 0 Å². The Balaban J connectivity index is 1.77. The molecule has 0 saturated heterocycles. The van der Waals surface area contributed by atoms with Gasteiger partial charge in [-0.3, -0.25) is 4.79 Å². The number of nitrogens with two attached hydrogens (primary N) is 1. The van der Waals surface area contributed by atoms with Gasteiger partial charge in [-0.2, -0.15) is 5.10 Å². The highest BCUT2D eigenvalue weighted by Crippen LogP contribution is 2.34. The van der Waals surface area contributed by atoms with E-state index in [0.29, 0.717) is 15.4 Å². The zero-order valence-corrected chi connectivity index (χ0v) is 17.7. The SMILES string of the molecule is Cc1nnc2sc(C(=O)NCc3ccc(S(=O)(=O)C(C)C)cc3)c(N)c2c1C. The zero-order valence-electron chi connectivity index (χ0n) is 16.1. The number of hydrogen-bond acceptors (Lipinski definition) is 7. The highest BCUT2D eigenvalue weighted by atomic mass is 32.2. The molecule has 0 saturated carbocycles. The molecule has 2 heterocycles. The van der Waals surface area contributed by atoms with Crippen LogP contribution in [0.3, 0.4) is 0 Å². The van der Waals surface area contributed by atoms with E-state index in [2.05, 4.69) is 15.5 Å². The standard InChI is InChI=1S/C19H22N4O3S2/c1-10(2)28(25,26)14-7-5-13(6-8-14)9-21-18(24)17-16(20)15-11(3)12(4)22-23-19(15)27-17/h5-8,10H,9,20H2,1-4H3,(H,21,24). The second kappa shape index (κ2) is 7.48. The van der Waals surface area contributed by atoms with Crippen molar-refractivity contribution in [1.82, 2.24) is 15.5 Å². The summed E-state index contributed by atoms with van der Waals surface area (Å²) < 4.78 is 24.4. The Hall–Kier alpha value is -2.52. The topological polar surface area (TPSA) is 115 Å². The number of thiophene rings is 1. The number of amides is 1. The number of nitrogens with zero attached hydrogens (tertiary/aromatic N) is 2. The van der Waals surface area contributed by atoms with Crippen LogP contribution in [0.5, 0.6) is 0 Å². The predicted molar refractivity (Wildman–Crippen MR) is 111 cm³/mol. The Morgan fingerprint density at radius 1 is 1.18 bits per heavy atom. The highest BCUT2D eigenvalue weighted by Gasteiger charge is 2.21. The van der Waals surface area contributed by atoms with Crippen molar-refractivity contribution in [3.8, 4) is 0 Å². The molecule has 1 amide bonds. The first-order chi connectivity index (χ1) is 13.1. The molecule has 148 valence electrons. The van der Waals surface area contributed by atoms with Gasteiger partial charge >= 0.3 is 0 Å². The van der Waals surface area contributed by atoms with Crippen molar-refractivity contribution in [1.29, 1.82) is 0 Å². The fraction of sp³-hybridized carbons (Fsp3) is 0.316. The minimum absolute atomic E-state index is 0.262. The number of aromatic nitrogens is 2. The lowest BCUT2D eigenvalue weighted by molar-refractivity contribution is 0.0956. The average Bonchev–Trinajstić information content (AvgIpc) is 3.00. The van der Waals surface area contributed by atoms with Gasteiger partial charge in [-0.15, -0.1) is 16.4 Å². The molecule has 3 N–H and O–H groups in total. The Labute approximate surface area is 167 Å². The van der Waals surface area contributed by atoms with E-state index >= 15 is 0 Å². The van der Waals surface area contributed by atoms with Crippen LogP contribution in [0.2, 0.25) is 0 Å². The van der Waals surface area contributed by atoms with Crippen LogP contribution in [0, 0.1) is 13.8 Å². The van der Waals surface area contributed by atoms with Crippen molar-refractivity contribution in [2.75, 3.05) is 5.73 Å². The van der Waals surface area contributed by atoms with Gasteiger partial charge in [0.2, 0.25) is 0 Å². The van der Waals surface area contributed by atoms with Gasteiger partial charge in [-0.1, -0.05) is 12.1 Å². The van der Waals surface area contributed by atoms with Crippen LogP contribution in [-0.2, 0) is 16.4 Å². The lowest BCUT2D eigenvalue weighted by atomic mass is 10.1. The third-order valence-electron chi connectivity index (χ3n) is 4.67. The number of fused-ring (bicyclic) bond motifs is 1. The number of nitrogen functional groups attached to an aromatic ring is 1. The first-order valence-electron chi connectivity index (χ1n) is 8.75. The Bertz CT molecular complexity index is 1150. The van der Waals surface area contributed by atoms with Crippen LogP contribution in [0.25, 0.3) is 10.2 Å². The summed E-state index contributed by atoms with van der Waals surface area (Å²) in [4.78, 5) is 13.9. The van der Waals surface area contributed by atoms with Gasteiger partial charge in [-0.05, 0) is 51.0 Å². The molecular weight excluding hydrogens is 396 g/mol. The quantitative estimate of drug-likeness (QED) is 0.658. The molecule has 28 heavy (non-hydrogen) atoms. The first-order valence-corrected chi connectivity index (χ1v) is 11.1. The van der Waals surface area contributed by atoms with Crippen LogP contribution in [0.1, 0.15) is 40.3 Å². The summed E-state index contributed by atoms with van der Waals surface area (Å²) in [6.07, 6.45) is 0. The van der Waals surface area contributed by atoms with Crippen LogP contribution >= 0.6 is 11.3 Å². The molecule has 0 radical (unpaired) electrons. The normalized spacial score (nSPS) is 11.9. The number of hydrogen-bond donors (Lipinski definition) is 2. The van der Waals surface area contributed by atoms with Gasteiger partial charge in [0.15, 0.2) is 9.84 Å². The molecule has 0 fully saturated rings. The van der Waals surface area contributed by atoms with Crippen LogP contribution in [0.4, 0.5) is 5.69 Å². The number of aryl methyl sites for hydroxylation is 2. The van der Waals surface area contributed by atoms with E-state index in [9.17, 15) is 13.2 Å². The minimum atomic E-state index is -3.31. The molecule has 2 aromatic heterocycles. The average molecular weight is 419 g/mol. The van der Waals surface area contributed by atoms with Gasteiger partial charge in [0.1, 0.15) is 9.71 Å². The first kappa shape index (κ1) is 20.2. The van der Waals surface area contributed by atoms with Gasteiger partial charge in [0.25, 0.3) is 5.91 Å². The Kier molecular flexibility index (Phi) is 5.40. The maximum absolute atomic E-state index is 12.6.